The maximum atomic E-state index is 13.1. The number of fused-ring (bicyclic) bond motifs is 1. The maximum Gasteiger partial charge on any atom is 0.246 e. The Balaban J connectivity index is 1.82. The van der Waals surface area contributed by atoms with E-state index in [9.17, 15) is 13.2 Å². The number of ether oxygens (including phenoxy) is 1. The smallest absolute Gasteiger partial charge is 0.246 e. The summed E-state index contributed by atoms with van der Waals surface area (Å²) >= 11 is 0. The predicted molar refractivity (Wildman–Crippen MR) is 104 cm³/mol. The predicted octanol–water partition coefficient (Wildman–Crippen LogP) is 2.74. The van der Waals surface area contributed by atoms with E-state index < -0.39 is 10.0 Å². The Morgan fingerprint density at radius 3 is 2.52 bits per heavy atom. The van der Waals surface area contributed by atoms with Crippen LogP contribution in [0.2, 0.25) is 0 Å². The number of likely N-dealkylation sites (tertiary alicyclic amines) is 1. The first-order valence-corrected chi connectivity index (χ1v) is 11.2. The lowest BCUT2D eigenvalue weighted by molar-refractivity contribution is -0.134. The van der Waals surface area contributed by atoms with E-state index in [0.29, 0.717) is 50.9 Å². The normalized spacial score (nSPS) is 22.0. The van der Waals surface area contributed by atoms with Crippen molar-refractivity contribution in [1.29, 1.82) is 0 Å². The summed E-state index contributed by atoms with van der Waals surface area (Å²) < 4.78 is 33.8. The van der Waals surface area contributed by atoms with Crippen LogP contribution in [-0.2, 0) is 14.8 Å². The quantitative estimate of drug-likeness (QED) is 0.791. The summed E-state index contributed by atoms with van der Waals surface area (Å²) in [5, 5.41) is 0. The van der Waals surface area contributed by atoms with Gasteiger partial charge in [0, 0.05) is 38.0 Å². The monoisotopic (exact) mass is 394 g/mol. The van der Waals surface area contributed by atoms with E-state index in [4.69, 9.17) is 4.74 Å². The summed E-state index contributed by atoms with van der Waals surface area (Å²) in [6.45, 7) is 8.63. The molecule has 1 aromatic carbocycles. The minimum Gasteiger partial charge on any atom is -0.492 e. The number of piperidine rings is 1. The number of rotatable bonds is 3. The van der Waals surface area contributed by atoms with Gasteiger partial charge in [0.1, 0.15) is 10.6 Å². The van der Waals surface area contributed by atoms with E-state index in [1.54, 1.807) is 28.6 Å². The third-order valence-corrected chi connectivity index (χ3v) is 7.59. The molecule has 0 bridgehead atoms. The van der Waals surface area contributed by atoms with Crippen LogP contribution in [0.4, 0.5) is 0 Å². The van der Waals surface area contributed by atoms with Crippen LogP contribution in [0.1, 0.15) is 40.0 Å². The summed E-state index contributed by atoms with van der Waals surface area (Å²) in [5.74, 6) is 0.959. The van der Waals surface area contributed by atoms with Gasteiger partial charge >= 0.3 is 0 Å². The molecule has 0 N–H and O–H groups in total. The largest absolute Gasteiger partial charge is 0.492 e. The van der Waals surface area contributed by atoms with Gasteiger partial charge in [-0.15, -0.1) is 0 Å². The molecule has 2 aliphatic rings. The lowest BCUT2D eigenvalue weighted by Crippen LogP contribution is -2.52. The van der Waals surface area contributed by atoms with Crippen LogP contribution in [0.3, 0.4) is 0 Å². The minimum atomic E-state index is -3.59. The molecule has 1 saturated heterocycles. The van der Waals surface area contributed by atoms with E-state index in [1.165, 1.54) is 0 Å². The van der Waals surface area contributed by atoms with Gasteiger partial charge in [0.2, 0.25) is 15.9 Å². The number of nitrogens with zero attached hydrogens (tertiary/aromatic N) is 2. The molecule has 0 radical (unpaired) electrons. The average Bonchev–Trinajstić information content (AvgIpc) is 2.64. The van der Waals surface area contributed by atoms with Gasteiger partial charge in [-0.2, -0.15) is 4.31 Å². The zero-order valence-electron chi connectivity index (χ0n) is 16.5. The molecule has 2 aliphatic heterocycles. The van der Waals surface area contributed by atoms with Crippen molar-refractivity contribution in [2.75, 3.05) is 32.8 Å². The number of sulfonamides is 1. The highest BCUT2D eigenvalue weighted by Gasteiger charge is 2.43. The van der Waals surface area contributed by atoms with Crippen LogP contribution in [-0.4, -0.2) is 56.3 Å². The van der Waals surface area contributed by atoms with Gasteiger partial charge in [0.25, 0.3) is 0 Å². The highest BCUT2D eigenvalue weighted by molar-refractivity contribution is 7.89. The Labute approximate surface area is 162 Å². The highest BCUT2D eigenvalue weighted by Crippen LogP contribution is 2.39. The topological polar surface area (TPSA) is 66.9 Å². The summed E-state index contributed by atoms with van der Waals surface area (Å²) in [4.78, 5) is 14.5. The zero-order chi connectivity index (χ0) is 19.7. The van der Waals surface area contributed by atoms with Crippen molar-refractivity contribution >= 4 is 15.9 Å². The van der Waals surface area contributed by atoms with Gasteiger partial charge in [0.15, 0.2) is 0 Å². The first kappa shape index (κ1) is 20.1. The van der Waals surface area contributed by atoms with Crippen LogP contribution in [0.15, 0.2) is 29.2 Å². The van der Waals surface area contributed by atoms with E-state index in [-0.39, 0.29) is 16.2 Å². The van der Waals surface area contributed by atoms with Gasteiger partial charge in [-0.3, -0.25) is 4.79 Å². The van der Waals surface area contributed by atoms with Crippen LogP contribution >= 0.6 is 0 Å². The maximum absolute atomic E-state index is 13.1. The van der Waals surface area contributed by atoms with Gasteiger partial charge in [-0.25, -0.2) is 8.42 Å². The van der Waals surface area contributed by atoms with Crippen molar-refractivity contribution in [1.82, 2.24) is 9.21 Å². The van der Waals surface area contributed by atoms with Crippen molar-refractivity contribution in [3.05, 3.63) is 24.3 Å². The number of hydrogen-bond acceptors (Lipinski definition) is 4. The van der Waals surface area contributed by atoms with Crippen LogP contribution in [0.5, 0.6) is 5.75 Å². The molecular weight excluding hydrogens is 364 g/mol. The number of hydrogen-bond donors (Lipinski definition) is 0. The third kappa shape index (κ3) is 4.14. The summed E-state index contributed by atoms with van der Waals surface area (Å²) in [5.41, 5.74) is -0.259. The fourth-order valence-corrected chi connectivity index (χ4v) is 5.64. The Bertz CT molecular complexity index is 783. The molecule has 0 unspecified atom stereocenters. The number of benzene rings is 1. The molecule has 1 aromatic rings. The Hall–Kier alpha value is -1.60. The summed E-state index contributed by atoms with van der Waals surface area (Å²) in [6.07, 6.45) is 2.07. The Kier molecular flexibility index (Phi) is 5.82. The molecule has 0 saturated carbocycles. The standard InChI is InChI=1S/C20H30N2O4S/c1-4-22-14-20(9-11-21(12-10-20)19(23)13-16(2)3)15-26-17-7-5-6-8-18(17)27(22,24)25/h5-8,16H,4,9-15H2,1-3H3. The van der Waals surface area contributed by atoms with Crippen LogP contribution in [0.25, 0.3) is 0 Å². The lowest BCUT2D eigenvalue weighted by Gasteiger charge is -2.45. The third-order valence-electron chi connectivity index (χ3n) is 5.62. The van der Waals surface area contributed by atoms with Crippen molar-refractivity contribution in [3.8, 4) is 5.75 Å². The number of carbonyl (C=O) groups is 1. The van der Waals surface area contributed by atoms with Gasteiger partial charge in [-0.1, -0.05) is 32.9 Å². The minimum absolute atomic E-state index is 0.192. The fraction of sp³-hybridized carbons (Fsp3) is 0.650. The van der Waals surface area contributed by atoms with E-state index in [2.05, 4.69) is 0 Å². The van der Waals surface area contributed by atoms with Gasteiger partial charge < -0.3 is 9.64 Å². The number of carbonyl (C=O) groups excluding carboxylic acids is 1. The van der Waals surface area contributed by atoms with Crippen LogP contribution in [0, 0.1) is 11.3 Å². The van der Waals surface area contributed by atoms with E-state index >= 15 is 0 Å². The first-order chi connectivity index (χ1) is 12.8. The molecule has 3 rings (SSSR count). The van der Waals surface area contributed by atoms with Crippen LogP contribution < -0.4 is 4.74 Å². The molecule has 1 spiro atoms. The van der Waals surface area contributed by atoms with Crippen molar-refractivity contribution in [3.63, 3.8) is 0 Å². The molecule has 2 heterocycles. The molecule has 27 heavy (non-hydrogen) atoms. The van der Waals surface area contributed by atoms with Gasteiger partial charge in [0.05, 0.1) is 6.61 Å². The second-order valence-electron chi connectivity index (χ2n) is 8.15. The Morgan fingerprint density at radius 1 is 1.22 bits per heavy atom. The molecular formula is C20H30N2O4S. The molecule has 0 atom stereocenters. The summed E-state index contributed by atoms with van der Waals surface area (Å²) in [6, 6.07) is 6.86. The molecule has 0 aliphatic carbocycles. The van der Waals surface area contributed by atoms with E-state index in [0.717, 1.165) is 12.8 Å². The molecule has 7 heteroatoms. The molecule has 6 nitrogen and oxygen atoms in total. The van der Waals surface area contributed by atoms with Crippen molar-refractivity contribution in [2.45, 2.75) is 44.9 Å². The lowest BCUT2D eigenvalue weighted by atomic mass is 9.78. The first-order valence-electron chi connectivity index (χ1n) is 9.77. The SMILES string of the molecule is CCN1CC2(CCN(C(=O)CC(C)C)CC2)COc2ccccc2S1(=O)=O. The summed E-state index contributed by atoms with van der Waals surface area (Å²) in [7, 11) is -3.59. The molecule has 1 amide bonds. The molecule has 1 fully saturated rings. The second-order valence-corrected chi connectivity index (χ2v) is 10.1. The van der Waals surface area contributed by atoms with Gasteiger partial charge in [-0.05, 0) is 30.9 Å². The fourth-order valence-electron chi connectivity index (χ4n) is 3.95. The number of para-hydroxylation sites is 1. The highest BCUT2D eigenvalue weighted by atomic mass is 32.2. The van der Waals surface area contributed by atoms with E-state index in [1.807, 2.05) is 25.7 Å². The molecule has 150 valence electrons. The number of amides is 1. The van der Waals surface area contributed by atoms with Crippen molar-refractivity contribution in [2.24, 2.45) is 11.3 Å². The van der Waals surface area contributed by atoms with Crippen molar-refractivity contribution < 1.29 is 17.9 Å². The second kappa shape index (κ2) is 7.80. The average molecular weight is 395 g/mol. The Morgan fingerprint density at radius 2 is 1.89 bits per heavy atom. The zero-order valence-corrected chi connectivity index (χ0v) is 17.3. The molecule has 0 aromatic heterocycles.